The van der Waals surface area contributed by atoms with Crippen molar-refractivity contribution < 1.29 is 4.74 Å². The summed E-state index contributed by atoms with van der Waals surface area (Å²) in [6, 6.07) is 7.45. The average Bonchev–Trinajstić information content (AvgIpc) is 2.76. The van der Waals surface area contributed by atoms with E-state index in [4.69, 9.17) is 27.9 Å². The Morgan fingerprint density at radius 1 is 1.14 bits per heavy atom. The molecule has 0 radical (unpaired) electrons. The number of ether oxygens (including phenoxy) is 1. The van der Waals surface area contributed by atoms with Crippen LogP contribution in [0.25, 0.3) is 0 Å². The van der Waals surface area contributed by atoms with Gasteiger partial charge in [0.25, 0.3) is 0 Å². The number of benzene rings is 1. The molecule has 2 rings (SSSR count). The number of halogens is 2. The van der Waals surface area contributed by atoms with Crippen molar-refractivity contribution in [2.75, 3.05) is 6.54 Å². The van der Waals surface area contributed by atoms with E-state index in [0.717, 1.165) is 19.5 Å². The highest BCUT2D eigenvalue weighted by atomic mass is 35.5. The van der Waals surface area contributed by atoms with E-state index >= 15 is 0 Å². The van der Waals surface area contributed by atoms with Gasteiger partial charge in [-0.1, -0.05) is 30.1 Å². The van der Waals surface area contributed by atoms with Gasteiger partial charge in [-0.3, -0.25) is 0 Å². The second-order valence-electron chi connectivity index (χ2n) is 4.86. The Morgan fingerprint density at radius 3 is 2.52 bits per heavy atom. The molecule has 0 spiro atoms. The first-order valence-corrected chi connectivity index (χ1v) is 8.53. The first-order valence-electron chi connectivity index (χ1n) is 6.96. The van der Waals surface area contributed by atoms with Crippen molar-refractivity contribution in [1.82, 2.24) is 5.32 Å². The largest absolute Gasteiger partial charge is 0.489 e. The van der Waals surface area contributed by atoms with Gasteiger partial charge in [-0.05, 0) is 44.2 Å². The van der Waals surface area contributed by atoms with Crippen LogP contribution in [0.5, 0.6) is 5.75 Å². The molecule has 2 aromatic rings. The fraction of sp³-hybridized carbons (Fsp3) is 0.375. The van der Waals surface area contributed by atoms with Crippen LogP contribution in [0.3, 0.4) is 0 Å². The summed E-state index contributed by atoms with van der Waals surface area (Å²) in [6.07, 6.45) is 1.15. The van der Waals surface area contributed by atoms with Gasteiger partial charge >= 0.3 is 0 Å². The van der Waals surface area contributed by atoms with Crippen LogP contribution in [0.2, 0.25) is 10.0 Å². The van der Waals surface area contributed by atoms with E-state index in [2.05, 4.69) is 25.2 Å². The summed E-state index contributed by atoms with van der Waals surface area (Å²) in [5.74, 6) is 0.698. The van der Waals surface area contributed by atoms with Crippen LogP contribution in [0.4, 0.5) is 0 Å². The molecule has 1 N–H and O–H groups in total. The maximum atomic E-state index is 5.97. The molecule has 0 amide bonds. The molecule has 1 heterocycles. The third kappa shape index (κ3) is 5.19. The molecule has 0 aliphatic heterocycles. The fourth-order valence-electron chi connectivity index (χ4n) is 1.98. The lowest BCUT2D eigenvalue weighted by atomic mass is 10.2. The summed E-state index contributed by atoms with van der Waals surface area (Å²) in [6.45, 7) is 6.79. The van der Waals surface area contributed by atoms with Crippen molar-refractivity contribution in [2.24, 2.45) is 0 Å². The van der Waals surface area contributed by atoms with E-state index in [1.54, 1.807) is 18.2 Å². The van der Waals surface area contributed by atoms with Crippen LogP contribution in [0, 0.1) is 6.92 Å². The van der Waals surface area contributed by atoms with Gasteiger partial charge in [0.05, 0.1) is 0 Å². The molecule has 0 aliphatic rings. The number of nitrogens with one attached hydrogen (secondary N) is 1. The molecular formula is C16H19Cl2NOS. The van der Waals surface area contributed by atoms with E-state index in [0.29, 0.717) is 22.4 Å². The van der Waals surface area contributed by atoms with Crippen molar-refractivity contribution in [3.8, 4) is 5.75 Å². The molecule has 0 unspecified atom stereocenters. The van der Waals surface area contributed by atoms with Crippen molar-refractivity contribution in [3.05, 3.63) is 49.6 Å². The third-order valence-corrected chi connectivity index (χ3v) is 4.56. The second kappa shape index (κ2) is 8.04. The van der Waals surface area contributed by atoms with Crippen LogP contribution >= 0.6 is 34.5 Å². The summed E-state index contributed by atoms with van der Waals surface area (Å²) in [4.78, 5) is 2.63. The molecule has 0 bridgehead atoms. The van der Waals surface area contributed by atoms with Crippen molar-refractivity contribution >= 4 is 34.5 Å². The van der Waals surface area contributed by atoms with Crippen molar-refractivity contribution in [2.45, 2.75) is 33.4 Å². The van der Waals surface area contributed by atoms with Gasteiger partial charge in [0.2, 0.25) is 0 Å². The minimum atomic E-state index is 0.535. The van der Waals surface area contributed by atoms with E-state index < -0.39 is 0 Å². The van der Waals surface area contributed by atoms with Crippen LogP contribution in [0.15, 0.2) is 24.3 Å². The van der Waals surface area contributed by atoms with Crippen LogP contribution in [0.1, 0.15) is 28.7 Å². The number of aryl methyl sites for hydroxylation is 1. The second-order valence-corrected chi connectivity index (χ2v) is 7.08. The highest BCUT2D eigenvalue weighted by Crippen LogP contribution is 2.27. The summed E-state index contributed by atoms with van der Waals surface area (Å²) >= 11 is 13.7. The monoisotopic (exact) mass is 343 g/mol. The Labute approximate surface area is 140 Å². The Hall–Kier alpha value is -0.740. The SMILES string of the molecule is CCCNCc1cc(COc2cc(Cl)cc(Cl)c2)c(C)s1. The van der Waals surface area contributed by atoms with Crippen molar-refractivity contribution in [1.29, 1.82) is 0 Å². The normalized spacial score (nSPS) is 10.9. The van der Waals surface area contributed by atoms with Gasteiger partial charge in [0, 0.05) is 31.9 Å². The molecule has 0 fully saturated rings. The standard InChI is InChI=1S/C16H19Cl2NOS/c1-3-4-19-9-16-5-12(11(2)21-16)10-20-15-7-13(17)6-14(18)8-15/h5-8,19H,3-4,9-10H2,1-2H3. The average molecular weight is 344 g/mol. The molecule has 0 aliphatic carbocycles. The van der Waals surface area contributed by atoms with Gasteiger partial charge in [-0.25, -0.2) is 0 Å². The highest BCUT2D eigenvalue weighted by Gasteiger charge is 2.07. The lowest BCUT2D eigenvalue weighted by molar-refractivity contribution is 0.306. The molecule has 5 heteroatoms. The highest BCUT2D eigenvalue weighted by molar-refractivity contribution is 7.12. The molecule has 2 nitrogen and oxygen atoms in total. The summed E-state index contributed by atoms with van der Waals surface area (Å²) in [5, 5.41) is 4.59. The topological polar surface area (TPSA) is 21.3 Å². The lowest BCUT2D eigenvalue weighted by Crippen LogP contribution is -2.12. The van der Waals surface area contributed by atoms with Crippen LogP contribution in [-0.2, 0) is 13.2 Å². The predicted octanol–water partition coefficient (Wildman–Crippen LogP) is 5.44. The van der Waals surface area contributed by atoms with Gasteiger partial charge in [0.1, 0.15) is 12.4 Å². The summed E-state index contributed by atoms with van der Waals surface area (Å²) in [7, 11) is 0. The molecule has 1 aromatic heterocycles. The number of rotatable bonds is 7. The number of hydrogen-bond donors (Lipinski definition) is 1. The summed E-state index contributed by atoms with van der Waals surface area (Å²) in [5.41, 5.74) is 1.21. The zero-order chi connectivity index (χ0) is 15.2. The Morgan fingerprint density at radius 2 is 1.86 bits per heavy atom. The van der Waals surface area contributed by atoms with E-state index in [-0.39, 0.29) is 0 Å². The van der Waals surface area contributed by atoms with Crippen LogP contribution < -0.4 is 10.1 Å². The maximum absolute atomic E-state index is 5.97. The number of thiophene rings is 1. The third-order valence-electron chi connectivity index (χ3n) is 3.03. The molecule has 0 saturated carbocycles. The van der Waals surface area contributed by atoms with Crippen molar-refractivity contribution in [3.63, 3.8) is 0 Å². The fourth-order valence-corrected chi connectivity index (χ4v) is 3.50. The molecule has 0 saturated heterocycles. The minimum absolute atomic E-state index is 0.535. The van der Waals surface area contributed by atoms with Gasteiger partial charge in [0.15, 0.2) is 0 Å². The van der Waals surface area contributed by atoms with Crippen LogP contribution in [-0.4, -0.2) is 6.54 Å². The Balaban J connectivity index is 1.96. The zero-order valence-electron chi connectivity index (χ0n) is 12.2. The van der Waals surface area contributed by atoms with Gasteiger partial charge < -0.3 is 10.1 Å². The maximum Gasteiger partial charge on any atom is 0.122 e. The van der Waals surface area contributed by atoms with E-state index in [9.17, 15) is 0 Å². The Kier molecular flexibility index (Phi) is 6.37. The molecular weight excluding hydrogens is 325 g/mol. The Bertz CT molecular complexity index is 578. The number of hydrogen-bond acceptors (Lipinski definition) is 3. The zero-order valence-corrected chi connectivity index (χ0v) is 14.5. The quantitative estimate of drug-likeness (QED) is 0.675. The lowest BCUT2D eigenvalue weighted by Gasteiger charge is -2.06. The molecule has 0 atom stereocenters. The first kappa shape index (κ1) is 16.6. The minimum Gasteiger partial charge on any atom is -0.489 e. The molecule has 1 aromatic carbocycles. The molecule has 114 valence electrons. The predicted molar refractivity (Wildman–Crippen MR) is 91.8 cm³/mol. The van der Waals surface area contributed by atoms with E-state index in [1.807, 2.05) is 11.3 Å². The summed E-state index contributed by atoms with van der Waals surface area (Å²) < 4.78 is 5.79. The van der Waals surface area contributed by atoms with E-state index in [1.165, 1.54) is 15.3 Å². The van der Waals surface area contributed by atoms with Gasteiger partial charge in [-0.2, -0.15) is 0 Å². The smallest absolute Gasteiger partial charge is 0.122 e. The molecule has 21 heavy (non-hydrogen) atoms. The van der Waals surface area contributed by atoms with Gasteiger partial charge in [-0.15, -0.1) is 11.3 Å². The first-order chi connectivity index (χ1) is 10.1.